The summed E-state index contributed by atoms with van der Waals surface area (Å²) in [6.07, 6.45) is 6.04. The summed E-state index contributed by atoms with van der Waals surface area (Å²) in [5.41, 5.74) is -0.233. The van der Waals surface area contributed by atoms with Gasteiger partial charge in [0.2, 0.25) is 0 Å². The molecule has 2 rings (SSSR count). The zero-order valence-corrected chi connectivity index (χ0v) is 12.6. The number of halogens is 2. The predicted octanol–water partition coefficient (Wildman–Crippen LogP) is 3.95. The molecule has 2 atom stereocenters. The second kappa shape index (κ2) is 7.85. The van der Waals surface area contributed by atoms with Crippen LogP contribution in [0, 0.1) is 17.6 Å². The molecule has 0 bridgehead atoms. The third kappa shape index (κ3) is 4.24. The highest BCUT2D eigenvalue weighted by Crippen LogP contribution is 2.28. The first-order chi connectivity index (χ1) is 10.1. The molecular formula is C17H25F2NO. The van der Waals surface area contributed by atoms with Crippen LogP contribution in [0.4, 0.5) is 8.78 Å². The molecule has 118 valence electrons. The summed E-state index contributed by atoms with van der Waals surface area (Å²) in [4.78, 5) is 0. The molecule has 1 saturated carbocycles. The molecule has 4 heteroatoms. The molecule has 2 unspecified atom stereocenters. The number of rotatable bonds is 6. The van der Waals surface area contributed by atoms with Crippen LogP contribution in [0.15, 0.2) is 18.2 Å². The summed E-state index contributed by atoms with van der Waals surface area (Å²) in [6, 6.07) is 3.99. The number of nitrogens with one attached hydrogen (secondary N) is 1. The van der Waals surface area contributed by atoms with Crippen molar-refractivity contribution >= 4 is 0 Å². The maximum Gasteiger partial charge on any atom is 0.131 e. The number of benzene rings is 1. The average molecular weight is 297 g/mol. The quantitative estimate of drug-likeness (QED) is 0.833. The Bertz CT molecular complexity index is 426. The van der Waals surface area contributed by atoms with Crippen LogP contribution in [-0.4, -0.2) is 17.7 Å². The standard InChI is InChI=1S/C17H25F2NO/c1-2-15(12-7-4-3-5-8-12)20-11-16(21)17-13(18)9-6-10-14(17)19/h6,9-10,12,15-16,20-21H,2-5,7-8,11H2,1H3. The lowest BCUT2D eigenvalue weighted by atomic mass is 9.83. The summed E-state index contributed by atoms with van der Waals surface area (Å²) in [6.45, 7) is 2.30. The number of hydrogen-bond acceptors (Lipinski definition) is 2. The minimum atomic E-state index is -1.15. The van der Waals surface area contributed by atoms with Crippen molar-refractivity contribution in [3.63, 3.8) is 0 Å². The van der Waals surface area contributed by atoms with E-state index in [1.807, 2.05) is 0 Å². The lowest BCUT2D eigenvalue weighted by Crippen LogP contribution is -2.39. The van der Waals surface area contributed by atoms with Crippen molar-refractivity contribution in [1.29, 1.82) is 0 Å². The summed E-state index contributed by atoms with van der Waals surface area (Å²) < 4.78 is 27.3. The summed E-state index contributed by atoms with van der Waals surface area (Å²) in [5, 5.41) is 13.4. The minimum absolute atomic E-state index is 0.187. The van der Waals surface area contributed by atoms with Crippen molar-refractivity contribution in [3.8, 4) is 0 Å². The van der Waals surface area contributed by atoms with E-state index in [1.54, 1.807) is 0 Å². The van der Waals surface area contributed by atoms with Gasteiger partial charge in [0.15, 0.2) is 0 Å². The Hall–Kier alpha value is -1.00. The van der Waals surface area contributed by atoms with Gasteiger partial charge in [-0.1, -0.05) is 32.3 Å². The largest absolute Gasteiger partial charge is 0.387 e. The summed E-state index contributed by atoms with van der Waals surface area (Å²) in [5.74, 6) is -0.758. The lowest BCUT2D eigenvalue weighted by molar-refractivity contribution is 0.149. The predicted molar refractivity (Wildman–Crippen MR) is 80.0 cm³/mol. The maximum atomic E-state index is 13.6. The molecule has 0 aromatic heterocycles. The van der Waals surface area contributed by atoms with Gasteiger partial charge in [-0.2, -0.15) is 0 Å². The van der Waals surface area contributed by atoms with Crippen molar-refractivity contribution in [1.82, 2.24) is 5.32 Å². The van der Waals surface area contributed by atoms with Crippen LogP contribution in [0.3, 0.4) is 0 Å². The molecule has 1 aromatic rings. The lowest BCUT2D eigenvalue weighted by Gasteiger charge is -2.31. The van der Waals surface area contributed by atoms with Gasteiger partial charge in [-0.25, -0.2) is 8.78 Å². The molecule has 0 amide bonds. The van der Waals surface area contributed by atoms with Crippen LogP contribution in [0.2, 0.25) is 0 Å². The molecule has 0 aliphatic heterocycles. The second-order valence-electron chi connectivity index (χ2n) is 5.97. The molecule has 1 aliphatic carbocycles. The molecule has 0 spiro atoms. The number of aliphatic hydroxyl groups excluding tert-OH is 1. The maximum absolute atomic E-state index is 13.6. The monoisotopic (exact) mass is 297 g/mol. The first kappa shape index (κ1) is 16.4. The molecule has 0 heterocycles. The van der Waals surface area contributed by atoms with E-state index in [2.05, 4.69) is 12.2 Å². The highest BCUT2D eigenvalue weighted by molar-refractivity contribution is 5.22. The van der Waals surface area contributed by atoms with E-state index in [4.69, 9.17) is 0 Å². The Balaban J connectivity index is 1.94. The van der Waals surface area contributed by atoms with Crippen molar-refractivity contribution in [2.45, 2.75) is 57.6 Å². The molecule has 1 aliphatic rings. The Morgan fingerprint density at radius 3 is 2.38 bits per heavy atom. The summed E-state index contributed by atoms with van der Waals surface area (Å²) in [7, 11) is 0. The topological polar surface area (TPSA) is 32.3 Å². The molecule has 0 radical (unpaired) electrons. The Labute approximate surface area is 125 Å². The Morgan fingerprint density at radius 1 is 1.19 bits per heavy atom. The van der Waals surface area contributed by atoms with Crippen LogP contribution >= 0.6 is 0 Å². The fourth-order valence-corrected chi connectivity index (χ4v) is 3.37. The van der Waals surface area contributed by atoms with Crippen molar-refractivity contribution < 1.29 is 13.9 Å². The Kier molecular flexibility index (Phi) is 6.12. The van der Waals surface area contributed by atoms with Crippen molar-refractivity contribution in [2.75, 3.05) is 6.54 Å². The van der Waals surface area contributed by atoms with Gasteiger partial charge in [-0.15, -0.1) is 0 Å². The van der Waals surface area contributed by atoms with E-state index in [9.17, 15) is 13.9 Å². The Morgan fingerprint density at radius 2 is 1.81 bits per heavy atom. The number of aliphatic hydroxyl groups is 1. The summed E-state index contributed by atoms with van der Waals surface area (Å²) >= 11 is 0. The molecule has 2 nitrogen and oxygen atoms in total. The van der Waals surface area contributed by atoms with E-state index in [-0.39, 0.29) is 12.1 Å². The third-order valence-corrected chi connectivity index (χ3v) is 4.57. The molecule has 2 N–H and O–H groups in total. The first-order valence-corrected chi connectivity index (χ1v) is 7.98. The van der Waals surface area contributed by atoms with Crippen LogP contribution in [0.5, 0.6) is 0 Å². The van der Waals surface area contributed by atoms with Crippen LogP contribution in [0.1, 0.15) is 57.1 Å². The number of hydrogen-bond donors (Lipinski definition) is 2. The van der Waals surface area contributed by atoms with E-state index in [1.165, 1.54) is 50.3 Å². The van der Waals surface area contributed by atoms with Gasteiger partial charge >= 0.3 is 0 Å². The van der Waals surface area contributed by atoms with Gasteiger partial charge in [0.1, 0.15) is 11.6 Å². The van der Waals surface area contributed by atoms with Crippen LogP contribution in [-0.2, 0) is 0 Å². The van der Waals surface area contributed by atoms with Gasteiger partial charge in [0.25, 0.3) is 0 Å². The third-order valence-electron chi connectivity index (χ3n) is 4.57. The van der Waals surface area contributed by atoms with Crippen molar-refractivity contribution in [2.24, 2.45) is 5.92 Å². The SMILES string of the molecule is CCC(NCC(O)c1c(F)cccc1F)C1CCCCC1. The van der Waals surface area contributed by atoms with Gasteiger partial charge in [-0.05, 0) is 37.3 Å². The molecular weight excluding hydrogens is 272 g/mol. The van der Waals surface area contributed by atoms with E-state index < -0.39 is 17.7 Å². The minimum Gasteiger partial charge on any atom is -0.387 e. The first-order valence-electron chi connectivity index (χ1n) is 7.98. The van der Waals surface area contributed by atoms with Crippen molar-refractivity contribution in [3.05, 3.63) is 35.4 Å². The molecule has 1 fully saturated rings. The fourth-order valence-electron chi connectivity index (χ4n) is 3.37. The van der Waals surface area contributed by atoms with E-state index >= 15 is 0 Å². The molecule has 1 aromatic carbocycles. The highest BCUT2D eigenvalue weighted by Gasteiger charge is 2.24. The van der Waals surface area contributed by atoms with Gasteiger partial charge in [0.05, 0.1) is 11.7 Å². The smallest absolute Gasteiger partial charge is 0.131 e. The van der Waals surface area contributed by atoms with Gasteiger partial charge in [0, 0.05) is 12.6 Å². The average Bonchev–Trinajstić information content (AvgIpc) is 2.49. The normalized spacial score (nSPS) is 19.4. The fraction of sp³-hybridized carbons (Fsp3) is 0.647. The molecule has 0 saturated heterocycles. The van der Waals surface area contributed by atoms with Crippen LogP contribution < -0.4 is 5.32 Å². The second-order valence-corrected chi connectivity index (χ2v) is 5.97. The zero-order chi connectivity index (χ0) is 15.2. The van der Waals surface area contributed by atoms with Crippen LogP contribution in [0.25, 0.3) is 0 Å². The van der Waals surface area contributed by atoms with E-state index in [0.29, 0.717) is 12.0 Å². The molecule has 21 heavy (non-hydrogen) atoms. The highest BCUT2D eigenvalue weighted by atomic mass is 19.1. The van der Waals surface area contributed by atoms with Gasteiger partial charge in [-0.3, -0.25) is 0 Å². The van der Waals surface area contributed by atoms with E-state index in [0.717, 1.165) is 6.42 Å². The van der Waals surface area contributed by atoms with Gasteiger partial charge < -0.3 is 10.4 Å². The zero-order valence-electron chi connectivity index (χ0n) is 12.6.